The molecule has 0 saturated carbocycles. The minimum absolute atomic E-state index is 0.0374. The molecule has 13 heteroatoms. The summed E-state index contributed by atoms with van der Waals surface area (Å²) in [4.78, 5) is 33.2. The van der Waals surface area contributed by atoms with E-state index < -0.39 is 52.4 Å². The molecule has 186 valence electrons. The van der Waals surface area contributed by atoms with E-state index in [1.54, 1.807) is 13.8 Å². The average molecular weight is 492 g/mol. The van der Waals surface area contributed by atoms with Crippen LogP contribution in [0, 0.1) is 0 Å². The molecular formula is C21H22F6N4O3. The average Bonchev–Trinajstić information content (AvgIpc) is 2.71. The standard InChI is InChI=1S/C21H22F6N4O3/c1-11(15-16(29-6-5-28-15)18(33)31-19(2,3)10-34-4)30-17(32)12-7-13(20(22,23)24)9-14(8-12)21(25,26)27/h5-9,11H,10H2,1-4H3,(H,30,32)(H,31,33). The Hall–Kier alpha value is -3.22. The maximum atomic E-state index is 13.1. The number of methoxy groups -OCH3 is 1. The second kappa shape index (κ2) is 9.95. The third kappa shape index (κ3) is 6.89. The van der Waals surface area contributed by atoms with Gasteiger partial charge in [0.05, 0.1) is 35.0 Å². The molecule has 1 unspecified atom stereocenters. The molecule has 0 aliphatic carbocycles. The summed E-state index contributed by atoms with van der Waals surface area (Å²) in [5, 5.41) is 4.95. The van der Waals surface area contributed by atoms with Crippen LogP contribution in [0.4, 0.5) is 26.3 Å². The first-order valence-corrected chi connectivity index (χ1v) is 9.78. The highest BCUT2D eigenvalue weighted by Crippen LogP contribution is 2.36. The van der Waals surface area contributed by atoms with Crippen molar-refractivity contribution in [3.05, 3.63) is 58.7 Å². The molecule has 1 atom stereocenters. The van der Waals surface area contributed by atoms with Crippen LogP contribution in [-0.4, -0.2) is 41.0 Å². The molecule has 1 heterocycles. The summed E-state index contributed by atoms with van der Waals surface area (Å²) in [7, 11) is 1.44. The van der Waals surface area contributed by atoms with Gasteiger partial charge in [-0.25, -0.2) is 4.98 Å². The molecule has 2 N–H and O–H groups in total. The third-order valence-electron chi connectivity index (χ3n) is 4.51. The third-order valence-corrected chi connectivity index (χ3v) is 4.51. The minimum atomic E-state index is -5.10. The van der Waals surface area contributed by atoms with Gasteiger partial charge in [-0.05, 0) is 39.0 Å². The molecule has 1 aromatic carbocycles. The van der Waals surface area contributed by atoms with Gasteiger partial charge in [-0.2, -0.15) is 26.3 Å². The molecule has 2 rings (SSSR count). The van der Waals surface area contributed by atoms with Crippen molar-refractivity contribution in [3.63, 3.8) is 0 Å². The van der Waals surface area contributed by atoms with Crippen molar-refractivity contribution >= 4 is 11.8 Å². The van der Waals surface area contributed by atoms with Gasteiger partial charge in [-0.15, -0.1) is 0 Å². The van der Waals surface area contributed by atoms with Gasteiger partial charge in [0.2, 0.25) is 0 Å². The van der Waals surface area contributed by atoms with Gasteiger partial charge in [0.25, 0.3) is 11.8 Å². The van der Waals surface area contributed by atoms with Crippen molar-refractivity contribution in [2.45, 2.75) is 44.7 Å². The van der Waals surface area contributed by atoms with Crippen LogP contribution in [0.15, 0.2) is 30.6 Å². The summed E-state index contributed by atoms with van der Waals surface area (Å²) in [6, 6.07) is -0.534. The maximum Gasteiger partial charge on any atom is 0.416 e. The Morgan fingerprint density at radius 1 is 0.941 bits per heavy atom. The summed E-state index contributed by atoms with van der Waals surface area (Å²) in [5.41, 5.74) is -5.12. The first-order valence-electron chi connectivity index (χ1n) is 9.78. The minimum Gasteiger partial charge on any atom is -0.382 e. The number of halogens is 6. The van der Waals surface area contributed by atoms with Gasteiger partial charge in [0.15, 0.2) is 5.69 Å². The first-order chi connectivity index (χ1) is 15.5. The lowest BCUT2D eigenvalue weighted by molar-refractivity contribution is -0.143. The van der Waals surface area contributed by atoms with E-state index in [1.807, 2.05) is 0 Å². The number of nitrogens with one attached hydrogen (secondary N) is 2. The van der Waals surface area contributed by atoms with E-state index in [0.29, 0.717) is 12.1 Å². The largest absolute Gasteiger partial charge is 0.416 e. The lowest BCUT2D eigenvalue weighted by Crippen LogP contribution is -2.47. The van der Waals surface area contributed by atoms with Crippen LogP contribution in [0.1, 0.15) is 64.5 Å². The summed E-state index contributed by atoms with van der Waals surface area (Å²) in [6.07, 6.45) is -7.76. The van der Waals surface area contributed by atoms with E-state index in [9.17, 15) is 35.9 Å². The van der Waals surface area contributed by atoms with Crippen molar-refractivity contribution < 1.29 is 40.7 Å². The molecule has 0 radical (unpaired) electrons. The molecule has 0 aliphatic rings. The summed E-state index contributed by atoms with van der Waals surface area (Å²) < 4.78 is 83.6. The van der Waals surface area contributed by atoms with Gasteiger partial charge >= 0.3 is 12.4 Å². The Morgan fingerprint density at radius 2 is 1.47 bits per heavy atom. The number of benzene rings is 1. The number of hydrogen-bond acceptors (Lipinski definition) is 5. The first kappa shape index (κ1) is 27.0. The van der Waals surface area contributed by atoms with Crippen molar-refractivity contribution in [3.8, 4) is 0 Å². The molecule has 0 spiro atoms. The van der Waals surface area contributed by atoms with Crippen LogP contribution in [0.5, 0.6) is 0 Å². The smallest absolute Gasteiger partial charge is 0.382 e. The lowest BCUT2D eigenvalue weighted by atomic mass is 10.0. The van der Waals surface area contributed by atoms with E-state index in [4.69, 9.17) is 4.74 Å². The topological polar surface area (TPSA) is 93.2 Å². The maximum absolute atomic E-state index is 13.1. The molecule has 0 fully saturated rings. The molecule has 0 aliphatic heterocycles. The van der Waals surface area contributed by atoms with E-state index in [0.717, 1.165) is 0 Å². The number of hydrogen-bond donors (Lipinski definition) is 2. The highest BCUT2D eigenvalue weighted by Gasteiger charge is 2.37. The Labute approximate surface area is 190 Å². The van der Waals surface area contributed by atoms with E-state index >= 15 is 0 Å². The fourth-order valence-corrected chi connectivity index (χ4v) is 3.04. The number of aromatic nitrogens is 2. The second-order valence-corrected chi connectivity index (χ2v) is 8.05. The van der Waals surface area contributed by atoms with Gasteiger partial charge in [0, 0.05) is 25.1 Å². The summed E-state index contributed by atoms with van der Waals surface area (Å²) >= 11 is 0. The molecule has 34 heavy (non-hydrogen) atoms. The Kier molecular flexibility index (Phi) is 7.91. The zero-order valence-corrected chi connectivity index (χ0v) is 18.6. The normalized spacial score (nSPS) is 13.4. The number of carbonyl (C=O) groups excluding carboxylic acids is 2. The van der Waals surface area contributed by atoms with Crippen molar-refractivity contribution in [2.75, 3.05) is 13.7 Å². The van der Waals surface area contributed by atoms with Gasteiger partial charge in [0.1, 0.15) is 0 Å². The zero-order valence-electron chi connectivity index (χ0n) is 18.6. The van der Waals surface area contributed by atoms with Crippen LogP contribution in [0.25, 0.3) is 0 Å². The number of carbonyl (C=O) groups is 2. The number of rotatable bonds is 7. The van der Waals surface area contributed by atoms with Gasteiger partial charge < -0.3 is 15.4 Å². The van der Waals surface area contributed by atoms with Gasteiger partial charge in [-0.1, -0.05) is 0 Å². The Morgan fingerprint density at radius 3 is 1.97 bits per heavy atom. The van der Waals surface area contributed by atoms with Crippen LogP contribution in [0.3, 0.4) is 0 Å². The molecular weight excluding hydrogens is 470 g/mol. The highest BCUT2D eigenvalue weighted by molar-refractivity contribution is 5.96. The Balaban J connectivity index is 2.35. The monoisotopic (exact) mass is 492 g/mol. The SMILES string of the molecule is COCC(C)(C)NC(=O)c1nccnc1C(C)NC(=O)c1cc(C(F)(F)F)cc(C(F)(F)F)c1. The van der Waals surface area contributed by atoms with Crippen molar-refractivity contribution in [2.24, 2.45) is 0 Å². The van der Waals surface area contributed by atoms with E-state index in [1.165, 1.54) is 26.4 Å². The number of alkyl halides is 6. The summed E-state index contributed by atoms with van der Waals surface area (Å²) in [6.45, 7) is 4.89. The number of ether oxygens (including phenoxy) is 1. The molecule has 7 nitrogen and oxygen atoms in total. The van der Waals surface area contributed by atoms with Crippen molar-refractivity contribution in [1.29, 1.82) is 0 Å². The predicted octanol–water partition coefficient (Wildman–Crippen LogP) is 4.16. The highest BCUT2D eigenvalue weighted by atomic mass is 19.4. The fraction of sp³-hybridized carbons (Fsp3) is 0.429. The van der Waals surface area contributed by atoms with E-state index in [-0.39, 0.29) is 24.1 Å². The number of nitrogens with zero attached hydrogens (tertiary/aromatic N) is 2. The van der Waals surface area contributed by atoms with Crippen molar-refractivity contribution in [1.82, 2.24) is 20.6 Å². The zero-order chi connectivity index (χ0) is 25.9. The Bertz CT molecular complexity index is 1020. The molecule has 0 saturated heterocycles. The predicted molar refractivity (Wildman–Crippen MR) is 108 cm³/mol. The van der Waals surface area contributed by atoms with Crippen LogP contribution in [-0.2, 0) is 17.1 Å². The van der Waals surface area contributed by atoms with E-state index in [2.05, 4.69) is 20.6 Å². The quantitative estimate of drug-likeness (QED) is 0.567. The number of amides is 2. The molecule has 2 aromatic rings. The van der Waals surface area contributed by atoms with Crippen LogP contribution >= 0.6 is 0 Å². The second-order valence-electron chi connectivity index (χ2n) is 8.05. The van der Waals surface area contributed by atoms with Crippen LogP contribution in [0.2, 0.25) is 0 Å². The van der Waals surface area contributed by atoms with Gasteiger partial charge in [-0.3, -0.25) is 14.6 Å². The fourth-order valence-electron chi connectivity index (χ4n) is 3.04. The molecule has 2 amide bonds. The molecule has 1 aromatic heterocycles. The summed E-state index contributed by atoms with van der Waals surface area (Å²) in [5.74, 6) is -1.88. The van der Waals surface area contributed by atoms with Crippen LogP contribution < -0.4 is 10.6 Å². The molecule has 0 bridgehead atoms. The lowest BCUT2D eigenvalue weighted by Gasteiger charge is -2.25.